The van der Waals surface area contributed by atoms with E-state index >= 15 is 0 Å². The van der Waals surface area contributed by atoms with Crippen LogP contribution in [0.2, 0.25) is 20.1 Å². The molecule has 0 aromatic heterocycles. The minimum atomic E-state index is -0.990. The highest BCUT2D eigenvalue weighted by atomic mass is 35.5. The Bertz CT molecular complexity index is 928. The van der Waals surface area contributed by atoms with E-state index in [1.165, 1.54) is 4.90 Å². The first kappa shape index (κ1) is 22.9. The SMILES string of the molecule is CC(C)(C)OC(=O)N1CCC(C(=O)ON2C(=O)c3c(Cl)c(Cl)c(Cl)c(Cl)c3C2=O)C1. The first-order valence-corrected chi connectivity index (χ1v) is 10.3. The van der Waals surface area contributed by atoms with Crippen molar-refractivity contribution in [1.29, 1.82) is 0 Å². The number of benzene rings is 1. The smallest absolute Gasteiger partial charge is 0.410 e. The number of carbonyl (C=O) groups excluding carboxylic acids is 4. The van der Waals surface area contributed by atoms with E-state index in [0.29, 0.717) is 0 Å². The van der Waals surface area contributed by atoms with Crippen LogP contribution < -0.4 is 0 Å². The summed E-state index contributed by atoms with van der Waals surface area (Å²) < 4.78 is 5.27. The number of halogens is 4. The average Bonchev–Trinajstić information content (AvgIpc) is 3.23. The molecule has 0 N–H and O–H groups in total. The molecule has 8 nitrogen and oxygen atoms in total. The molecule has 0 spiro atoms. The van der Waals surface area contributed by atoms with Crippen LogP contribution in [0.5, 0.6) is 0 Å². The van der Waals surface area contributed by atoms with Crippen molar-refractivity contribution in [3.05, 3.63) is 31.2 Å². The lowest BCUT2D eigenvalue weighted by Crippen LogP contribution is -2.38. The lowest BCUT2D eigenvalue weighted by atomic mass is 10.1. The van der Waals surface area contributed by atoms with Crippen LogP contribution in [0.15, 0.2) is 0 Å². The summed E-state index contributed by atoms with van der Waals surface area (Å²) in [4.78, 5) is 56.3. The zero-order valence-corrected chi connectivity index (χ0v) is 19.1. The van der Waals surface area contributed by atoms with Crippen LogP contribution in [-0.4, -0.2) is 52.5 Å². The monoisotopic (exact) mass is 496 g/mol. The standard InChI is InChI=1S/C18H16Cl4N2O6/c1-18(2,3)29-17(28)23-5-4-7(6-23)16(27)30-24-14(25)8-9(15(24)26)11(20)13(22)12(21)10(8)19/h7H,4-6H2,1-3H3. The number of ether oxygens (including phenoxy) is 1. The Balaban J connectivity index is 1.73. The maximum Gasteiger partial charge on any atom is 0.410 e. The zero-order valence-electron chi connectivity index (χ0n) is 16.1. The van der Waals surface area contributed by atoms with Crippen LogP contribution in [0, 0.1) is 5.92 Å². The molecule has 1 aromatic rings. The Labute approximate surface area is 191 Å². The summed E-state index contributed by atoms with van der Waals surface area (Å²) in [7, 11) is 0. The molecule has 1 unspecified atom stereocenters. The van der Waals surface area contributed by atoms with Crippen LogP contribution in [0.25, 0.3) is 0 Å². The van der Waals surface area contributed by atoms with Gasteiger partial charge in [0.05, 0.1) is 37.1 Å². The molecule has 2 aliphatic heterocycles. The molecule has 0 bridgehead atoms. The van der Waals surface area contributed by atoms with E-state index in [0.717, 1.165) is 0 Å². The van der Waals surface area contributed by atoms with Gasteiger partial charge >= 0.3 is 12.1 Å². The Hall–Kier alpha value is -1.74. The number of hydrogen-bond donors (Lipinski definition) is 0. The van der Waals surface area contributed by atoms with Crippen molar-refractivity contribution in [2.75, 3.05) is 13.1 Å². The maximum atomic E-state index is 12.6. The Morgan fingerprint density at radius 1 is 0.933 bits per heavy atom. The van der Waals surface area contributed by atoms with Crippen molar-refractivity contribution in [1.82, 2.24) is 9.96 Å². The fraction of sp³-hybridized carbons (Fsp3) is 0.444. The maximum absolute atomic E-state index is 12.6. The zero-order chi connectivity index (χ0) is 22.5. The van der Waals surface area contributed by atoms with Gasteiger partial charge in [-0.05, 0) is 27.2 Å². The summed E-state index contributed by atoms with van der Waals surface area (Å²) in [6.07, 6.45) is -0.290. The number of imide groups is 1. The Morgan fingerprint density at radius 2 is 1.43 bits per heavy atom. The van der Waals surface area contributed by atoms with Crippen molar-refractivity contribution in [2.24, 2.45) is 5.92 Å². The van der Waals surface area contributed by atoms with Crippen LogP contribution in [0.1, 0.15) is 47.9 Å². The lowest BCUT2D eigenvalue weighted by Gasteiger charge is -2.24. The predicted molar refractivity (Wildman–Crippen MR) is 109 cm³/mol. The van der Waals surface area contributed by atoms with Gasteiger partial charge in [-0.2, -0.15) is 0 Å². The van der Waals surface area contributed by atoms with E-state index in [1.54, 1.807) is 20.8 Å². The molecule has 162 valence electrons. The fourth-order valence-corrected chi connectivity index (χ4v) is 4.04. The summed E-state index contributed by atoms with van der Waals surface area (Å²) in [6.45, 7) is 5.47. The number of hydroxylamine groups is 2. The molecule has 12 heteroatoms. The van der Waals surface area contributed by atoms with Gasteiger partial charge in [0.2, 0.25) is 0 Å². The van der Waals surface area contributed by atoms with Gasteiger partial charge in [0.15, 0.2) is 0 Å². The van der Waals surface area contributed by atoms with Gasteiger partial charge < -0.3 is 14.5 Å². The van der Waals surface area contributed by atoms with E-state index < -0.39 is 35.4 Å². The van der Waals surface area contributed by atoms with Crippen molar-refractivity contribution in [3.63, 3.8) is 0 Å². The third-order valence-corrected chi connectivity index (χ3v) is 6.22. The van der Waals surface area contributed by atoms with Crippen LogP contribution in [-0.2, 0) is 14.4 Å². The Kier molecular flexibility index (Phi) is 6.17. The van der Waals surface area contributed by atoms with E-state index in [-0.39, 0.29) is 55.8 Å². The van der Waals surface area contributed by atoms with Crippen LogP contribution in [0.4, 0.5) is 4.79 Å². The van der Waals surface area contributed by atoms with Gasteiger partial charge in [-0.3, -0.25) is 9.59 Å². The molecule has 30 heavy (non-hydrogen) atoms. The molecule has 3 amide bonds. The number of carbonyl (C=O) groups is 4. The summed E-state index contributed by atoms with van der Waals surface area (Å²) in [6, 6.07) is 0. The van der Waals surface area contributed by atoms with Gasteiger partial charge in [0.1, 0.15) is 5.60 Å². The molecule has 0 aliphatic carbocycles. The van der Waals surface area contributed by atoms with E-state index in [1.807, 2.05) is 0 Å². The molecule has 1 atom stereocenters. The van der Waals surface area contributed by atoms with Crippen molar-refractivity contribution in [3.8, 4) is 0 Å². The van der Waals surface area contributed by atoms with Crippen molar-refractivity contribution in [2.45, 2.75) is 32.8 Å². The minimum absolute atomic E-state index is 0.0239. The number of likely N-dealkylation sites (tertiary alicyclic amines) is 1. The largest absolute Gasteiger partial charge is 0.444 e. The van der Waals surface area contributed by atoms with Gasteiger partial charge in [0, 0.05) is 13.1 Å². The summed E-state index contributed by atoms with van der Waals surface area (Å²) >= 11 is 24.0. The van der Waals surface area contributed by atoms with E-state index in [9.17, 15) is 19.2 Å². The van der Waals surface area contributed by atoms with Crippen LogP contribution >= 0.6 is 46.4 Å². The third kappa shape index (κ3) is 4.06. The van der Waals surface area contributed by atoms with Crippen LogP contribution in [0.3, 0.4) is 0 Å². The summed E-state index contributed by atoms with van der Waals surface area (Å²) in [5, 5.41) is -0.654. The molecular formula is C18H16Cl4N2O6. The normalized spacial score (nSPS) is 18.7. The molecule has 0 saturated carbocycles. The second-order valence-electron chi connectivity index (χ2n) is 7.73. The second-order valence-corrected chi connectivity index (χ2v) is 9.24. The molecule has 1 saturated heterocycles. The first-order chi connectivity index (χ1) is 13.8. The highest BCUT2D eigenvalue weighted by Crippen LogP contribution is 2.45. The van der Waals surface area contributed by atoms with Crippen molar-refractivity contribution >= 4 is 70.3 Å². The van der Waals surface area contributed by atoms with Gasteiger partial charge in [-0.25, -0.2) is 9.59 Å². The molecule has 1 fully saturated rings. The molecule has 0 radical (unpaired) electrons. The van der Waals surface area contributed by atoms with E-state index in [4.69, 9.17) is 56.0 Å². The molecule has 2 heterocycles. The second kappa shape index (κ2) is 8.07. The molecular weight excluding hydrogens is 482 g/mol. The molecule has 3 rings (SSSR count). The number of nitrogens with zero attached hydrogens (tertiary/aromatic N) is 2. The average molecular weight is 498 g/mol. The van der Waals surface area contributed by atoms with Gasteiger partial charge in [-0.1, -0.05) is 51.5 Å². The Morgan fingerprint density at radius 3 is 1.90 bits per heavy atom. The highest BCUT2D eigenvalue weighted by Gasteiger charge is 2.45. The number of rotatable bonds is 2. The highest BCUT2D eigenvalue weighted by molar-refractivity contribution is 6.55. The number of amides is 3. The molecule has 1 aromatic carbocycles. The third-order valence-electron chi connectivity index (χ3n) is 4.42. The van der Waals surface area contributed by atoms with Gasteiger partial charge in [0.25, 0.3) is 11.8 Å². The summed E-state index contributed by atoms with van der Waals surface area (Å²) in [5.74, 6) is -3.59. The quantitative estimate of drug-likeness (QED) is 0.336. The van der Waals surface area contributed by atoms with Gasteiger partial charge in [-0.15, -0.1) is 0 Å². The fourth-order valence-electron chi connectivity index (χ4n) is 3.02. The first-order valence-electron chi connectivity index (χ1n) is 8.78. The topological polar surface area (TPSA) is 93.2 Å². The number of fused-ring (bicyclic) bond motifs is 1. The summed E-state index contributed by atoms with van der Waals surface area (Å²) in [5.41, 5.74) is -1.27. The van der Waals surface area contributed by atoms with Crippen molar-refractivity contribution < 1.29 is 28.8 Å². The predicted octanol–water partition coefficient (Wildman–Crippen LogP) is 4.61. The minimum Gasteiger partial charge on any atom is -0.444 e. The lowest BCUT2D eigenvalue weighted by molar-refractivity contribution is -0.173. The number of hydrogen-bond acceptors (Lipinski definition) is 6. The molecule has 2 aliphatic rings. The van der Waals surface area contributed by atoms with E-state index in [2.05, 4.69) is 0 Å².